The van der Waals surface area contributed by atoms with Gasteiger partial charge < -0.3 is 9.64 Å². The molecule has 0 radical (unpaired) electrons. The number of carbonyl (C=O) groups is 1. The van der Waals surface area contributed by atoms with Crippen molar-refractivity contribution < 1.29 is 9.53 Å². The Morgan fingerprint density at radius 1 is 0.906 bits per heavy atom. The second-order valence-corrected chi connectivity index (χ2v) is 8.66. The second-order valence-electron chi connectivity index (χ2n) is 7.82. The van der Waals surface area contributed by atoms with Gasteiger partial charge >= 0.3 is 0 Å². The van der Waals surface area contributed by atoms with E-state index in [-0.39, 0.29) is 5.91 Å². The highest BCUT2D eigenvalue weighted by molar-refractivity contribution is 6.35. The van der Waals surface area contributed by atoms with Crippen molar-refractivity contribution in [1.29, 1.82) is 0 Å². The molecular formula is C27H29Cl2NO2. The molecule has 0 saturated heterocycles. The number of hydrogen-bond donors (Lipinski definition) is 0. The first-order valence-electron chi connectivity index (χ1n) is 11.1. The third-order valence-electron chi connectivity index (χ3n) is 5.26. The van der Waals surface area contributed by atoms with Crippen LogP contribution in [0.15, 0.2) is 72.8 Å². The van der Waals surface area contributed by atoms with Gasteiger partial charge in [0.2, 0.25) is 5.91 Å². The first-order valence-corrected chi connectivity index (χ1v) is 11.8. The molecule has 0 heterocycles. The van der Waals surface area contributed by atoms with Gasteiger partial charge in [-0.05, 0) is 60.4 Å². The van der Waals surface area contributed by atoms with E-state index < -0.39 is 0 Å². The van der Waals surface area contributed by atoms with Gasteiger partial charge in [0.1, 0.15) is 11.5 Å². The summed E-state index contributed by atoms with van der Waals surface area (Å²) in [7, 11) is 0. The lowest BCUT2D eigenvalue weighted by Crippen LogP contribution is -2.32. The van der Waals surface area contributed by atoms with Crippen LogP contribution in [-0.4, -0.2) is 17.4 Å². The van der Waals surface area contributed by atoms with E-state index in [9.17, 15) is 4.79 Å². The predicted molar refractivity (Wildman–Crippen MR) is 133 cm³/mol. The first-order chi connectivity index (χ1) is 15.5. The van der Waals surface area contributed by atoms with E-state index in [1.54, 1.807) is 6.07 Å². The Kier molecular flexibility index (Phi) is 9.45. The lowest BCUT2D eigenvalue weighted by atomic mass is 10.1. The van der Waals surface area contributed by atoms with Crippen molar-refractivity contribution >= 4 is 29.1 Å². The molecule has 0 unspecified atom stereocenters. The molecule has 3 nitrogen and oxygen atoms in total. The average Bonchev–Trinajstić information content (AvgIpc) is 2.78. The van der Waals surface area contributed by atoms with Crippen LogP contribution in [0.25, 0.3) is 0 Å². The molecule has 1 amide bonds. The van der Waals surface area contributed by atoms with E-state index >= 15 is 0 Å². The molecule has 32 heavy (non-hydrogen) atoms. The number of nitrogens with zero attached hydrogens (tertiary/aromatic N) is 1. The number of carbonyl (C=O) groups excluding carboxylic acids is 1. The SMILES string of the molecule is CCCCCC(=O)N(CCc1ccc(Cl)cc1Cl)Cc1cccc(Oc2ccccc2)c1. The fourth-order valence-corrected chi connectivity index (χ4v) is 4.01. The van der Waals surface area contributed by atoms with Crippen molar-refractivity contribution in [2.75, 3.05) is 6.54 Å². The molecule has 0 atom stereocenters. The van der Waals surface area contributed by atoms with Gasteiger partial charge in [-0.2, -0.15) is 0 Å². The van der Waals surface area contributed by atoms with Crippen LogP contribution >= 0.6 is 23.2 Å². The van der Waals surface area contributed by atoms with Gasteiger partial charge in [0.25, 0.3) is 0 Å². The topological polar surface area (TPSA) is 29.5 Å². The molecule has 3 aromatic carbocycles. The highest BCUT2D eigenvalue weighted by Crippen LogP contribution is 2.24. The van der Waals surface area contributed by atoms with Crippen molar-refractivity contribution in [2.24, 2.45) is 0 Å². The summed E-state index contributed by atoms with van der Waals surface area (Å²) in [6.45, 7) is 3.27. The Hall–Kier alpha value is -2.49. The zero-order chi connectivity index (χ0) is 22.8. The van der Waals surface area contributed by atoms with Gasteiger partial charge in [0, 0.05) is 29.6 Å². The van der Waals surface area contributed by atoms with Crippen LogP contribution in [0, 0.1) is 0 Å². The van der Waals surface area contributed by atoms with Crippen LogP contribution in [0.5, 0.6) is 11.5 Å². The summed E-state index contributed by atoms with van der Waals surface area (Å²) in [4.78, 5) is 14.9. The minimum absolute atomic E-state index is 0.165. The van der Waals surface area contributed by atoms with Crippen molar-refractivity contribution in [3.05, 3.63) is 94.0 Å². The number of unbranched alkanes of at least 4 members (excludes halogenated alkanes) is 2. The van der Waals surface area contributed by atoms with Gasteiger partial charge in [-0.25, -0.2) is 0 Å². The summed E-state index contributed by atoms with van der Waals surface area (Å²) < 4.78 is 5.96. The van der Waals surface area contributed by atoms with Gasteiger partial charge in [0.15, 0.2) is 0 Å². The maximum Gasteiger partial charge on any atom is 0.222 e. The normalized spacial score (nSPS) is 10.7. The third-order valence-corrected chi connectivity index (χ3v) is 5.85. The van der Waals surface area contributed by atoms with Crippen molar-refractivity contribution in [3.8, 4) is 11.5 Å². The quantitative estimate of drug-likeness (QED) is 0.266. The van der Waals surface area contributed by atoms with Crippen LogP contribution in [0.1, 0.15) is 43.7 Å². The average molecular weight is 470 g/mol. The van der Waals surface area contributed by atoms with E-state index in [0.717, 1.165) is 41.9 Å². The van der Waals surface area contributed by atoms with E-state index in [4.69, 9.17) is 27.9 Å². The van der Waals surface area contributed by atoms with E-state index in [1.807, 2.05) is 71.6 Å². The van der Waals surface area contributed by atoms with Gasteiger partial charge in [-0.3, -0.25) is 4.79 Å². The largest absolute Gasteiger partial charge is 0.457 e. The van der Waals surface area contributed by atoms with Crippen molar-refractivity contribution in [2.45, 2.75) is 45.6 Å². The fourth-order valence-electron chi connectivity index (χ4n) is 3.51. The maximum atomic E-state index is 13.0. The summed E-state index contributed by atoms with van der Waals surface area (Å²) in [5.41, 5.74) is 2.02. The fraction of sp³-hybridized carbons (Fsp3) is 0.296. The summed E-state index contributed by atoms with van der Waals surface area (Å²) in [5.74, 6) is 1.71. The minimum atomic E-state index is 0.165. The van der Waals surface area contributed by atoms with Crippen LogP contribution < -0.4 is 4.74 Å². The Balaban J connectivity index is 1.71. The summed E-state index contributed by atoms with van der Waals surface area (Å²) in [5, 5.41) is 1.25. The molecule has 0 aliphatic heterocycles. The number of halogens is 2. The molecule has 0 N–H and O–H groups in total. The van der Waals surface area contributed by atoms with Gasteiger partial charge in [-0.15, -0.1) is 0 Å². The molecule has 0 fully saturated rings. The Morgan fingerprint density at radius 3 is 2.44 bits per heavy atom. The van der Waals surface area contributed by atoms with Gasteiger partial charge in [-0.1, -0.05) is 79.4 Å². The highest BCUT2D eigenvalue weighted by atomic mass is 35.5. The number of benzene rings is 3. The highest BCUT2D eigenvalue weighted by Gasteiger charge is 2.15. The van der Waals surface area contributed by atoms with Crippen molar-refractivity contribution in [1.82, 2.24) is 4.90 Å². The van der Waals surface area contributed by atoms with Crippen LogP contribution in [-0.2, 0) is 17.8 Å². The molecule has 3 rings (SSSR count). The van der Waals surface area contributed by atoms with Crippen LogP contribution in [0.4, 0.5) is 0 Å². The molecule has 5 heteroatoms. The van der Waals surface area contributed by atoms with E-state index in [0.29, 0.717) is 36.0 Å². The smallest absolute Gasteiger partial charge is 0.222 e. The molecule has 0 aromatic heterocycles. The number of para-hydroxylation sites is 1. The number of amides is 1. The lowest BCUT2D eigenvalue weighted by Gasteiger charge is -2.24. The number of rotatable bonds is 11. The molecule has 0 aliphatic rings. The molecule has 3 aromatic rings. The molecule has 0 saturated carbocycles. The molecule has 168 valence electrons. The molecule has 0 spiro atoms. The zero-order valence-electron chi connectivity index (χ0n) is 18.4. The summed E-state index contributed by atoms with van der Waals surface area (Å²) in [6.07, 6.45) is 4.29. The monoisotopic (exact) mass is 469 g/mol. The Bertz CT molecular complexity index is 1010. The molecule has 0 bridgehead atoms. The molecule has 0 aliphatic carbocycles. The first kappa shape index (κ1) is 24.2. The zero-order valence-corrected chi connectivity index (χ0v) is 19.9. The second kappa shape index (κ2) is 12.5. The van der Waals surface area contributed by atoms with E-state index in [2.05, 4.69) is 6.92 Å². The number of ether oxygens (including phenoxy) is 1. The van der Waals surface area contributed by atoms with Gasteiger partial charge in [0.05, 0.1) is 0 Å². The lowest BCUT2D eigenvalue weighted by molar-refractivity contribution is -0.131. The van der Waals surface area contributed by atoms with Crippen LogP contribution in [0.2, 0.25) is 10.0 Å². The summed E-state index contributed by atoms with van der Waals surface area (Å²) >= 11 is 12.4. The van der Waals surface area contributed by atoms with Crippen LogP contribution in [0.3, 0.4) is 0 Å². The predicted octanol–water partition coefficient (Wildman–Crippen LogP) is 7.94. The summed E-state index contributed by atoms with van der Waals surface area (Å²) in [6, 6.07) is 23.1. The Morgan fingerprint density at radius 2 is 1.69 bits per heavy atom. The maximum absolute atomic E-state index is 13.0. The number of hydrogen-bond acceptors (Lipinski definition) is 2. The van der Waals surface area contributed by atoms with E-state index in [1.165, 1.54) is 0 Å². The Labute approximate surface area is 200 Å². The standard InChI is InChI=1S/C27H29Cl2NO2/c1-2-3-5-13-27(31)30(17-16-22-14-15-23(28)19-26(22)29)20-21-9-8-12-25(18-21)32-24-10-6-4-7-11-24/h4,6-12,14-15,18-19H,2-3,5,13,16-17,20H2,1H3. The minimum Gasteiger partial charge on any atom is -0.457 e. The van der Waals surface area contributed by atoms with Crippen molar-refractivity contribution in [3.63, 3.8) is 0 Å². The third kappa shape index (κ3) is 7.58. The molecular weight excluding hydrogens is 441 g/mol.